The summed E-state index contributed by atoms with van der Waals surface area (Å²) < 4.78 is 19.0. The molecule has 4 nitrogen and oxygen atoms in total. The van der Waals surface area contributed by atoms with Gasteiger partial charge in [0.05, 0.1) is 11.2 Å². The lowest BCUT2D eigenvalue weighted by Crippen LogP contribution is -2.00. The van der Waals surface area contributed by atoms with Gasteiger partial charge in [-0.05, 0) is 37.3 Å². The molecule has 2 N–H and O–H groups in total. The van der Waals surface area contributed by atoms with Crippen LogP contribution in [0.4, 0.5) is 10.1 Å². The Bertz CT molecular complexity index is 766. The van der Waals surface area contributed by atoms with Gasteiger partial charge >= 0.3 is 0 Å². The molecule has 0 aliphatic rings. The minimum Gasteiger partial charge on any atom is -0.460 e. The summed E-state index contributed by atoms with van der Waals surface area (Å²) in [6.07, 6.45) is 1.71. The van der Waals surface area contributed by atoms with Gasteiger partial charge in [-0.25, -0.2) is 4.39 Å². The van der Waals surface area contributed by atoms with E-state index in [2.05, 4.69) is 15.5 Å². The molecular weight excluding hydrogens is 293 g/mol. The van der Waals surface area contributed by atoms with E-state index in [0.29, 0.717) is 12.2 Å². The summed E-state index contributed by atoms with van der Waals surface area (Å²) in [6.45, 7) is 2.38. The Hall–Kier alpha value is -2.27. The normalized spacial score (nSPS) is 10.8. The van der Waals surface area contributed by atoms with Gasteiger partial charge < -0.3 is 9.73 Å². The fraction of sp³-hybridized carbons (Fsp3) is 0.133. The predicted molar refractivity (Wildman–Crippen MR) is 79.8 cm³/mol. The Morgan fingerprint density at radius 1 is 1.33 bits per heavy atom. The number of furan rings is 1. The lowest BCUT2D eigenvalue weighted by atomic mass is 10.2. The van der Waals surface area contributed by atoms with Crippen LogP contribution in [-0.4, -0.2) is 10.2 Å². The van der Waals surface area contributed by atoms with Crippen LogP contribution in [0.5, 0.6) is 0 Å². The summed E-state index contributed by atoms with van der Waals surface area (Å²) in [5.74, 6) is 1.11. The number of benzene rings is 1. The molecule has 0 aliphatic carbocycles. The fourth-order valence-electron chi connectivity index (χ4n) is 2.03. The van der Waals surface area contributed by atoms with Crippen molar-refractivity contribution in [2.24, 2.45) is 0 Å². The number of halogens is 2. The quantitative estimate of drug-likeness (QED) is 0.752. The van der Waals surface area contributed by atoms with Gasteiger partial charge in [-0.3, -0.25) is 5.10 Å². The minimum absolute atomic E-state index is 0.107. The van der Waals surface area contributed by atoms with Crippen LogP contribution in [0.1, 0.15) is 11.3 Å². The fourth-order valence-corrected chi connectivity index (χ4v) is 2.15. The summed E-state index contributed by atoms with van der Waals surface area (Å²) >= 11 is 5.66. The van der Waals surface area contributed by atoms with Crippen molar-refractivity contribution in [1.82, 2.24) is 10.2 Å². The van der Waals surface area contributed by atoms with Crippen molar-refractivity contribution in [3.8, 4) is 11.5 Å². The topological polar surface area (TPSA) is 53.9 Å². The number of hydrogen-bond donors (Lipinski definition) is 2. The van der Waals surface area contributed by atoms with E-state index < -0.39 is 5.82 Å². The zero-order valence-corrected chi connectivity index (χ0v) is 12.0. The number of nitrogens with zero attached hydrogens (tertiary/aromatic N) is 1. The molecule has 3 rings (SSSR count). The van der Waals surface area contributed by atoms with Crippen molar-refractivity contribution < 1.29 is 8.81 Å². The third-order valence-corrected chi connectivity index (χ3v) is 3.41. The van der Waals surface area contributed by atoms with Crippen LogP contribution in [0.15, 0.2) is 40.9 Å². The van der Waals surface area contributed by atoms with Crippen molar-refractivity contribution in [3.63, 3.8) is 0 Å². The van der Waals surface area contributed by atoms with E-state index >= 15 is 0 Å². The average molecular weight is 306 g/mol. The Balaban J connectivity index is 1.77. The first-order valence-corrected chi connectivity index (χ1v) is 6.79. The lowest BCUT2D eigenvalue weighted by Gasteiger charge is -2.06. The van der Waals surface area contributed by atoms with Gasteiger partial charge in [0.25, 0.3) is 0 Å². The van der Waals surface area contributed by atoms with Gasteiger partial charge in [0.15, 0.2) is 5.76 Å². The summed E-state index contributed by atoms with van der Waals surface area (Å²) in [6, 6.07) is 8.38. The first-order chi connectivity index (χ1) is 10.1. The van der Waals surface area contributed by atoms with Crippen LogP contribution in [-0.2, 0) is 6.54 Å². The van der Waals surface area contributed by atoms with E-state index in [0.717, 1.165) is 22.8 Å². The van der Waals surface area contributed by atoms with Crippen LogP contribution < -0.4 is 5.32 Å². The summed E-state index contributed by atoms with van der Waals surface area (Å²) in [4.78, 5) is 0. The average Bonchev–Trinajstić information content (AvgIpc) is 3.08. The molecule has 0 spiro atoms. The number of H-pyrrole nitrogens is 1. The molecule has 0 saturated carbocycles. The van der Waals surface area contributed by atoms with Crippen molar-refractivity contribution >= 4 is 17.3 Å². The number of aryl methyl sites for hydroxylation is 1. The monoisotopic (exact) mass is 305 g/mol. The van der Waals surface area contributed by atoms with E-state index in [1.807, 2.05) is 19.1 Å². The van der Waals surface area contributed by atoms with Gasteiger partial charge in [-0.15, -0.1) is 0 Å². The standard InChI is InChI=1S/C15H13ClFN3O/c1-9-2-5-14(21-9)15-10(8-19-20-15)7-18-11-3-4-12(16)13(17)6-11/h2-6,8,18H,7H2,1H3,(H,19,20). The molecule has 0 unspecified atom stereocenters. The maximum atomic E-state index is 13.4. The molecule has 2 heterocycles. The Kier molecular flexibility index (Phi) is 3.66. The Morgan fingerprint density at radius 3 is 2.90 bits per heavy atom. The van der Waals surface area contributed by atoms with Crippen LogP contribution in [0.3, 0.4) is 0 Å². The van der Waals surface area contributed by atoms with Crippen molar-refractivity contribution in [1.29, 1.82) is 0 Å². The van der Waals surface area contributed by atoms with Crippen molar-refractivity contribution in [3.05, 3.63) is 58.7 Å². The predicted octanol–water partition coefficient (Wildman–Crippen LogP) is 4.38. The summed E-state index contributed by atoms with van der Waals surface area (Å²) in [5, 5.41) is 10.2. The van der Waals surface area contributed by atoms with Crippen LogP contribution in [0.2, 0.25) is 5.02 Å². The third kappa shape index (κ3) is 2.92. The molecule has 3 aromatic rings. The highest BCUT2D eigenvalue weighted by molar-refractivity contribution is 6.30. The van der Waals surface area contributed by atoms with E-state index in [9.17, 15) is 4.39 Å². The second-order valence-corrected chi connectivity index (χ2v) is 5.07. The SMILES string of the molecule is Cc1ccc(-c2[nH]ncc2CNc2ccc(Cl)c(F)c2)o1. The van der Waals surface area contributed by atoms with Gasteiger partial charge in [-0.1, -0.05) is 11.6 Å². The number of aromatic amines is 1. The third-order valence-electron chi connectivity index (χ3n) is 3.11. The highest BCUT2D eigenvalue weighted by Gasteiger charge is 2.11. The van der Waals surface area contributed by atoms with E-state index in [1.54, 1.807) is 12.3 Å². The molecular formula is C15H13ClFN3O. The maximum Gasteiger partial charge on any atom is 0.152 e. The molecule has 0 bridgehead atoms. The lowest BCUT2D eigenvalue weighted by molar-refractivity contribution is 0.545. The number of nitrogens with one attached hydrogen (secondary N) is 2. The Morgan fingerprint density at radius 2 is 2.19 bits per heavy atom. The minimum atomic E-state index is -0.448. The van der Waals surface area contributed by atoms with Crippen LogP contribution >= 0.6 is 11.6 Å². The molecule has 2 aromatic heterocycles. The molecule has 21 heavy (non-hydrogen) atoms. The zero-order chi connectivity index (χ0) is 14.8. The molecule has 0 radical (unpaired) electrons. The smallest absolute Gasteiger partial charge is 0.152 e. The summed E-state index contributed by atoms with van der Waals surface area (Å²) in [5.41, 5.74) is 2.39. The first kappa shape index (κ1) is 13.7. The molecule has 0 fully saturated rings. The molecule has 108 valence electrons. The molecule has 0 saturated heterocycles. The van der Waals surface area contributed by atoms with E-state index in [4.69, 9.17) is 16.0 Å². The number of rotatable bonds is 4. The highest BCUT2D eigenvalue weighted by atomic mass is 35.5. The zero-order valence-electron chi connectivity index (χ0n) is 11.3. The molecule has 0 aliphatic heterocycles. The Labute approximate surface area is 125 Å². The van der Waals surface area contributed by atoms with Crippen LogP contribution in [0.25, 0.3) is 11.5 Å². The molecule has 1 aromatic carbocycles. The molecule has 6 heteroatoms. The first-order valence-electron chi connectivity index (χ1n) is 6.41. The largest absolute Gasteiger partial charge is 0.460 e. The summed E-state index contributed by atoms with van der Waals surface area (Å²) in [7, 11) is 0. The van der Waals surface area contributed by atoms with Crippen molar-refractivity contribution in [2.45, 2.75) is 13.5 Å². The number of anilines is 1. The van der Waals surface area contributed by atoms with Crippen LogP contribution in [0, 0.1) is 12.7 Å². The van der Waals surface area contributed by atoms with Gasteiger partial charge in [0.1, 0.15) is 17.3 Å². The van der Waals surface area contributed by atoms with Gasteiger partial charge in [0.2, 0.25) is 0 Å². The van der Waals surface area contributed by atoms with Gasteiger partial charge in [-0.2, -0.15) is 5.10 Å². The number of hydrogen-bond acceptors (Lipinski definition) is 3. The second kappa shape index (κ2) is 5.61. The molecule has 0 atom stereocenters. The maximum absolute atomic E-state index is 13.4. The molecule has 0 amide bonds. The van der Waals surface area contributed by atoms with Crippen molar-refractivity contribution in [2.75, 3.05) is 5.32 Å². The van der Waals surface area contributed by atoms with E-state index in [1.165, 1.54) is 12.1 Å². The van der Waals surface area contributed by atoms with E-state index in [-0.39, 0.29) is 5.02 Å². The van der Waals surface area contributed by atoms with Gasteiger partial charge in [0, 0.05) is 17.8 Å². The second-order valence-electron chi connectivity index (χ2n) is 4.66. The number of aromatic nitrogens is 2. The highest BCUT2D eigenvalue weighted by Crippen LogP contribution is 2.24.